The van der Waals surface area contributed by atoms with Gasteiger partial charge in [-0.15, -0.1) is 0 Å². The van der Waals surface area contributed by atoms with Gasteiger partial charge in [0.25, 0.3) is 5.56 Å². The van der Waals surface area contributed by atoms with Crippen LogP contribution in [0.1, 0.15) is 44.0 Å². The lowest BCUT2D eigenvalue weighted by Crippen LogP contribution is -2.35. The molecular weight excluding hydrogens is 286 g/mol. The molecule has 1 amide bonds. The highest BCUT2D eigenvalue weighted by Gasteiger charge is 2.31. The summed E-state index contributed by atoms with van der Waals surface area (Å²) in [5.41, 5.74) is 1.95. The summed E-state index contributed by atoms with van der Waals surface area (Å²) in [6.07, 6.45) is 3.18. The lowest BCUT2D eigenvalue weighted by atomic mass is 10.2. The van der Waals surface area contributed by atoms with Gasteiger partial charge in [-0.3, -0.25) is 14.2 Å². The number of aromatic nitrogens is 2. The van der Waals surface area contributed by atoms with Crippen LogP contribution in [0.3, 0.4) is 0 Å². The van der Waals surface area contributed by atoms with E-state index in [4.69, 9.17) is 0 Å². The van der Waals surface area contributed by atoms with Crippen molar-refractivity contribution in [2.24, 2.45) is 0 Å². The smallest absolute Gasteiger partial charge is 0.257 e. The fourth-order valence-corrected chi connectivity index (χ4v) is 4.36. The van der Waals surface area contributed by atoms with Crippen LogP contribution < -0.4 is 5.56 Å². The lowest BCUT2D eigenvalue weighted by molar-refractivity contribution is -0.131. The van der Waals surface area contributed by atoms with Crippen molar-refractivity contribution in [2.45, 2.75) is 50.7 Å². The van der Waals surface area contributed by atoms with E-state index < -0.39 is 0 Å². The molecule has 6 heteroatoms. The van der Waals surface area contributed by atoms with Crippen LogP contribution in [0.15, 0.2) is 9.95 Å². The normalized spacial score (nSPS) is 19.4. The molecule has 0 aromatic carbocycles. The molecule has 0 fully saturated rings. The van der Waals surface area contributed by atoms with Crippen LogP contribution in [0.2, 0.25) is 0 Å². The molecule has 114 valence electrons. The molecule has 0 radical (unpaired) electrons. The van der Waals surface area contributed by atoms with Crippen molar-refractivity contribution in [2.75, 3.05) is 18.8 Å². The zero-order valence-electron chi connectivity index (χ0n) is 12.6. The van der Waals surface area contributed by atoms with E-state index in [1.807, 2.05) is 18.7 Å². The molecule has 1 aromatic heterocycles. The Bertz CT molecular complexity index is 622. The van der Waals surface area contributed by atoms with E-state index in [9.17, 15) is 9.59 Å². The van der Waals surface area contributed by atoms with Crippen LogP contribution in [0.5, 0.6) is 0 Å². The fraction of sp³-hybridized carbons (Fsp3) is 0.667. The quantitative estimate of drug-likeness (QED) is 0.794. The third-order valence-electron chi connectivity index (χ3n) is 4.40. The number of thioether (sulfide) groups is 1. The molecule has 5 nitrogen and oxygen atoms in total. The summed E-state index contributed by atoms with van der Waals surface area (Å²) in [6, 6.07) is -0.0380. The van der Waals surface area contributed by atoms with Crippen LogP contribution >= 0.6 is 11.8 Å². The molecule has 2 heterocycles. The van der Waals surface area contributed by atoms with Gasteiger partial charge in [0.05, 0.1) is 11.7 Å². The number of hydrogen-bond donors (Lipinski definition) is 0. The zero-order valence-corrected chi connectivity index (χ0v) is 13.4. The fourth-order valence-electron chi connectivity index (χ4n) is 3.21. The van der Waals surface area contributed by atoms with Crippen LogP contribution in [-0.2, 0) is 17.6 Å². The monoisotopic (exact) mass is 307 g/mol. The molecular formula is C15H21N3O2S. The first-order valence-electron chi connectivity index (χ1n) is 7.70. The largest absolute Gasteiger partial charge is 0.343 e. The third-order valence-corrected chi connectivity index (χ3v) is 5.50. The Morgan fingerprint density at radius 3 is 2.86 bits per heavy atom. The van der Waals surface area contributed by atoms with Gasteiger partial charge < -0.3 is 4.90 Å². The second-order valence-electron chi connectivity index (χ2n) is 5.58. The van der Waals surface area contributed by atoms with Gasteiger partial charge in [0.15, 0.2) is 5.16 Å². The second-order valence-corrected chi connectivity index (χ2v) is 6.57. The number of hydrogen-bond acceptors (Lipinski definition) is 4. The predicted molar refractivity (Wildman–Crippen MR) is 82.8 cm³/mol. The molecule has 0 saturated carbocycles. The number of rotatable bonds is 4. The summed E-state index contributed by atoms with van der Waals surface area (Å²) < 4.78 is 1.77. The molecule has 0 saturated heterocycles. The van der Waals surface area contributed by atoms with E-state index in [0.29, 0.717) is 6.42 Å². The van der Waals surface area contributed by atoms with Crippen molar-refractivity contribution in [3.63, 3.8) is 0 Å². The Balaban J connectivity index is 1.87. The molecule has 0 bridgehead atoms. The van der Waals surface area contributed by atoms with Gasteiger partial charge in [-0.1, -0.05) is 11.8 Å². The Morgan fingerprint density at radius 1 is 1.38 bits per heavy atom. The van der Waals surface area contributed by atoms with Crippen molar-refractivity contribution in [1.29, 1.82) is 0 Å². The van der Waals surface area contributed by atoms with E-state index in [1.54, 1.807) is 16.3 Å². The van der Waals surface area contributed by atoms with Gasteiger partial charge in [0.2, 0.25) is 5.91 Å². The van der Waals surface area contributed by atoms with Crippen molar-refractivity contribution in [1.82, 2.24) is 14.5 Å². The Kier molecular flexibility index (Phi) is 4.06. The molecule has 1 unspecified atom stereocenters. The number of aryl methyl sites for hydroxylation is 1. The van der Waals surface area contributed by atoms with Crippen molar-refractivity contribution in [3.05, 3.63) is 21.6 Å². The highest BCUT2D eigenvalue weighted by molar-refractivity contribution is 7.99. The van der Waals surface area contributed by atoms with E-state index >= 15 is 0 Å². The number of nitrogens with zero attached hydrogens (tertiary/aromatic N) is 3. The van der Waals surface area contributed by atoms with E-state index in [0.717, 1.165) is 54.5 Å². The molecule has 1 aliphatic carbocycles. The first kappa shape index (κ1) is 14.6. The molecule has 2 aliphatic rings. The van der Waals surface area contributed by atoms with Crippen molar-refractivity contribution < 1.29 is 4.79 Å². The maximum Gasteiger partial charge on any atom is 0.257 e. The lowest BCUT2D eigenvalue weighted by Gasteiger charge is -2.21. The average Bonchev–Trinajstić information content (AvgIpc) is 3.08. The maximum absolute atomic E-state index is 12.6. The van der Waals surface area contributed by atoms with Gasteiger partial charge in [0, 0.05) is 30.8 Å². The summed E-state index contributed by atoms with van der Waals surface area (Å²) in [6.45, 7) is 5.41. The number of carbonyl (C=O) groups is 1. The first-order valence-corrected chi connectivity index (χ1v) is 8.69. The van der Waals surface area contributed by atoms with Crippen LogP contribution in [-0.4, -0.2) is 39.2 Å². The standard InChI is InChI=1S/C15H21N3O2S/c1-3-17(4-2)13(19)8-10-9-21-15-16-12-7-5-6-11(12)14(20)18(10)15/h10H,3-9H2,1-2H3. The van der Waals surface area contributed by atoms with E-state index in [2.05, 4.69) is 4.98 Å². The molecule has 0 N–H and O–H groups in total. The Morgan fingerprint density at radius 2 is 2.14 bits per heavy atom. The third kappa shape index (κ3) is 2.50. The minimum atomic E-state index is -0.0380. The molecule has 1 aromatic rings. The van der Waals surface area contributed by atoms with Gasteiger partial charge in [-0.05, 0) is 33.1 Å². The number of carbonyl (C=O) groups excluding carboxylic acids is 1. The summed E-state index contributed by atoms with van der Waals surface area (Å²) in [4.78, 5) is 31.4. The zero-order chi connectivity index (χ0) is 15.0. The molecule has 0 spiro atoms. The molecule has 3 rings (SSSR count). The van der Waals surface area contributed by atoms with E-state index in [-0.39, 0.29) is 17.5 Å². The molecule has 1 atom stereocenters. The molecule has 21 heavy (non-hydrogen) atoms. The topological polar surface area (TPSA) is 55.2 Å². The van der Waals surface area contributed by atoms with Crippen LogP contribution in [0.25, 0.3) is 0 Å². The van der Waals surface area contributed by atoms with E-state index in [1.165, 1.54) is 0 Å². The summed E-state index contributed by atoms with van der Waals surface area (Å²) in [5.74, 6) is 0.906. The average molecular weight is 307 g/mol. The highest BCUT2D eigenvalue weighted by Crippen LogP contribution is 2.34. The summed E-state index contributed by atoms with van der Waals surface area (Å²) >= 11 is 1.61. The van der Waals surface area contributed by atoms with Gasteiger partial charge in [0.1, 0.15) is 0 Å². The SMILES string of the molecule is CCN(CC)C(=O)CC1CSc2nc3c(c(=O)n21)CCC3. The number of amides is 1. The minimum absolute atomic E-state index is 0.0380. The predicted octanol–water partition coefficient (Wildman–Crippen LogP) is 1.64. The van der Waals surface area contributed by atoms with Gasteiger partial charge in [-0.25, -0.2) is 4.98 Å². The van der Waals surface area contributed by atoms with Gasteiger partial charge >= 0.3 is 0 Å². The second kappa shape index (κ2) is 5.83. The van der Waals surface area contributed by atoms with Gasteiger partial charge in [-0.2, -0.15) is 0 Å². The van der Waals surface area contributed by atoms with Crippen LogP contribution in [0, 0.1) is 0 Å². The molecule has 1 aliphatic heterocycles. The summed E-state index contributed by atoms with van der Waals surface area (Å²) in [5, 5.41) is 0.804. The Hall–Kier alpha value is -1.30. The number of fused-ring (bicyclic) bond motifs is 2. The maximum atomic E-state index is 12.6. The minimum Gasteiger partial charge on any atom is -0.343 e. The Labute approximate surface area is 128 Å². The highest BCUT2D eigenvalue weighted by atomic mass is 32.2. The van der Waals surface area contributed by atoms with Crippen molar-refractivity contribution >= 4 is 17.7 Å². The van der Waals surface area contributed by atoms with Crippen molar-refractivity contribution in [3.8, 4) is 0 Å². The first-order chi connectivity index (χ1) is 10.2. The summed E-state index contributed by atoms with van der Waals surface area (Å²) in [7, 11) is 0. The van der Waals surface area contributed by atoms with Crippen LogP contribution in [0.4, 0.5) is 0 Å².